The molecule has 0 saturated carbocycles. The Hall–Kier alpha value is -2.31. The molecule has 2 aromatic rings. The molecule has 0 amide bonds. The van der Waals surface area contributed by atoms with E-state index in [2.05, 4.69) is 20.3 Å². The zero-order valence-corrected chi connectivity index (χ0v) is 16.0. The summed E-state index contributed by atoms with van der Waals surface area (Å²) < 4.78 is 0. The van der Waals surface area contributed by atoms with Gasteiger partial charge in [0.1, 0.15) is 5.69 Å². The third-order valence-electron chi connectivity index (χ3n) is 2.96. The van der Waals surface area contributed by atoms with Crippen LogP contribution in [0.15, 0.2) is 35.3 Å². The Morgan fingerprint density at radius 2 is 1.68 bits per heavy atom. The van der Waals surface area contributed by atoms with Gasteiger partial charge in [0.2, 0.25) is 5.95 Å². The molecular formula is C19H31N5O. The van der Waals surface area contributed by atoms with E-state index in [0.29, 0.717) is 19.0 Å². The molecule has 1 heterocycles. The largest absolute Gasteiger partial charge is 0.395 e. The molecule has 0 aliphatic carbocycles. The van der Waals surface area contributed by atoms with E-state index in [0.717, 1.165) is 17.1 Å². The van der Waals surface area contributed by atoms with Crippen LogP contribution >= 0.6 is 0 Å². The fraction of sp³-hybridized carbons (Fsp3) is 0.421. The number of rotatable bonds is 5. The molecule has 4 N–H and O–H groups in total. The second-order valence-corrected chi connectivity index (χ2v) is 4.79. The Bertz CT molecular complexity index is 591. The van der Waals surface area contributed by atoms with Crippen molar-refractivity contribution in [2.75, 3.05) is 18.5 Å². The summed E-state index contributed by atoms with van der Waals surface area (Å²) in [6.07, 6.45) is 1.72. The van der Waals surface area contributed by atoms with Crippen molar-refractivity contribution in [3.05, 3.63) is 47.3 Å². The van der Waals surface area contributed by atoms with Gasteiger partial charge in [-0.2, -0.15) is 0 Å². The molecule has 0 fully saturated rings. The van der Waals surface area contributed by atoms with Crippen molar-refractivity contribution in [3.8, 4) is 0 Å². The number of aliphatic hydroxyl groups is 1. The van der Waals surface area contributed by atoms with Crippen molar-refractivity contribution in [1.29, 1.82) is 0 Å². The van der Waals surface area contributed by atoms with Crippen LogP contribution in [0.1, 0.15) is 37.7 Å². The average Bonchev–Trinajstić information content (AvgIpc) is 2.66. The molecule has 25 heavy (non-hydrogen) atoms. The normalized spacial score (nSPS) is 9.72. The molecule has 138 valence electrons. The van der Waals surface area contributed by atoms with Crippen LogP contribution in [-0.2, 0) is 6.54 Å². The van der Waals surface area contributed by atoms with E-state index in [1.807, 2.05) is 65.0 Å². The highest BCUT2D eigenvalue weighted by Gasteiger charge is 2.06. The Morgan fingerprint density at radius 3 is 2.08 bits per heavy atom. The smallest absolute Gasteiger partial charge is 0.223 e. The molecule has 1 aromatic heterocycles. The first kappa shape index (κ1) is 22.7. The van der Waals surface area contributed by atoms with Gasteiger partial charge in [0.15, 0.2) is 0 Å². The molecule has 6 nitrogen and oxygen atoms in total. The van der Waals surface area contributed by atoms with E-state index >= 15 is 0 Å². The molecule has 0 bridgehead atoms. The van der Waals surface area contributed by atoms with Gasteiger partial charge in [-0.25, -0.2) is 9.97 Å². The SMILES string of the molecule is CC.CC=Nc1c(C)nc(NCCO)nc1C.NCc1ccccc1. The summed E-state index contributed by atoms with van der Waals surface area (Å²) in [6.45, 7) is 10.8. The Morgan fingerprint density at radius 1 is 1.12 bits per heavy atom. The van der Waals surface area contributed by atoms with E-state index in [4.69, 9.17) is 10.8 Å². The van der Waals surface area contributed by atoms with Crippen molar-refractivity contribution in [1.82, 2.24) is 9.97 Å². The van der Waals surface area contributed by atoms with Crippen LogP contribution in [0.25, 0.3) is 0 Å². The number of aryl methyl sites for hydroxylation is 2. The number of aliphatic hydroxyl groups excluding tert-OH is 1. The van der Waals surface area contributed by atoms with Gasteiger partial charge in [-0.1, -0.05) is 44.2 Å². The number of nitrogens with one attached hydrogen (secondary N) is 1. The second-order valence-electron chi connectivity index (χ2n) is 4.79. The average molecular weight is 345 g/mol. The minimum Gasteiger partial charge on any atom is -0.395 e. The van der Waals surface area contributed by atoms with Gasteiger partial charge >= 0.3 is 0 Å². The lowest BCUT2D eigenvalue weighted by molar-refractivity contribution is 0.311. The summed E-state index contributed by atoms with van der Waals surface area (Å²) in [5, 5.41) is 11.6. The Labute approximate surface area is 151 Å². The lowest BCUT2D eigenvalue weighted by atomic mass is 10.2. The second kappa shape index (κ2) is 14.1. The number of nitrogens with two attached hydrogens (primary N) is 1. The van der Waals surface area contributed by atoms with E-state index in [1.165, 1.54) is 5.56 Å². The monoisotopic (exact) mass is 345 g/mol. The van der Waals surface area contributed by atoms with E-state index < -0.39 is 0 Å². The molecule has 0 radical (unpaired) electrons. The number of aliphatic imine (C=N–C) groups is 1. The maximum Gasteiger partial charge on any atom is 0.223 e. The topological polar surface area (TPSA) is 96.4 Å². The molecule has 1 aromatic carbocycles. The molecule has 6 heteroatoms. The summed E-state index contributed by atoms with van der Waals surface area (Å²) in [5.74, 6) is 0.536. The summed E-state index contributed by atoms with van der Waals surface area (Å²) >= 11 is 0. The minimum absolute atomic E-state index is 0.0658. The Balaban J connectivity index is 0.000000483. The zero-order chi connectivity index (χ0) is 19.1. The number of aromatic nitrogens is 2. The summed E-state index contributed by atoms with van der Waals surface area (Å²) in [4.78, 5) is 12.7. The predicted molar refractivity (Wildman–Crippen MR) is 107 cm³/mol. The molecule has 0 spiro atoms. The zero-order valence-electron chi connectivity index (χ0n) is 16.0. The molecular weight excluding hydrogens is 314 g/mol. The molecule has 0 unspecified atom stereocenters. The van der Waals surface area contributed by atoms with Crippen LogP contribution in [0, 0.1) is 13.8 Å². The van der Waals surface area contributed by atoms with Crippen LogP contribution in [0.4, 0.5) is 11.6 Å². The molecule has 0 saturated heterocycles. The van der Waals surface area contributed by atoms with Gasteiger partial charge in [-0.05, 0) is 26.3 Å². The standard InChI is InChI=1S/C10H16N4O.C7H9N.C2H6/c1-4-11-9-7(2)13-10(12-5-6-15)14-8(9)3;8-6-7-4-2-1-3-5-7;1-2/h4,15H,5-6H2,1-3H3,(H,12,13,14);1-5H,6,8H2;1-2H3. The highest BCUT2D eigenvalue weighted by molar-refractivity contribution is 5.63. The minimum atomic E-state index is 0.0658. The summed E-state index contributed by atoms with van der Waals surface area (Å²) in [7, 11) is 0. The first-order valence-electron chi connectivity index (χ1n) is 8.55. The highest BCUT2D eigenvalue weighted by atomic mass is 16.3. The lowest BCUT2D eigenvalue weighted by Gasteiger charge is -2.07. The summed E-state index contributed by atoms with van der Waals surface area (Å²) in [5.41, 5.74) is 9.02. The lowest BCUT2D eigenvalue weighted by Crippen LogP contribution is -2.09. The number of nitrogens with zero attached hydrogens (tertiary/aromatic N) is 3. The van der Waals surface area contributed by atoms with Crippen molar-refractivity contribution >= 4 is 17.9 Å². The molecule has 2 rings (SSSR count). The first-order chi connectivity index (χ1) is 12.1. The van der Waals surface area contributed by atoms with Crippen LogP contribution in [0.3, 0.4) is 0 Å². The quantitative estimate of drug-likeness (QED) is 0.722. The van der Waals surface area contributed by atoms with Crippen LogP contribution < -0.4 is 11.1 Å². The fourth-order valence-corrected chi connectivity index (χ4v) is 1.89. The number of hydrogen-bond acceptors (Lipinski definition) is 6. The number of anilines is 1. The fourth-order valence-electron chi connectivity index (χ4n) is 1.89. The number of hydrogen-bond donors (Lipinski definition) is 3. The summed E-state index contributed by atoms with van der Waals surface area (Å²) in [6, 6.07) is 9.99. The Kier molecular flexibility index (Phi) is 12.8. The number of benzene rings is 1. The van der Waals surface area contributed by atoms with Crippen molar-refractivity contribution in [3.63, 3.8) is 0 Å². The van der Waals surface area contributed by atoms with Crippen LogP contribution in [0.5, 0.6) is 0 Å². The van der Waals surface area contributed by atoms with Gasteiger partial charge in [0.05, 0.1) is 18.0 Å². The van der Waals surface area contributed by atoms with Gasteiger partial charge in [0, 0.05) is 19.3 Å². The predicted octanol–water partition coefficient (Wildman–Crippen LogP) is 3.39. The third-order valence-corrected chi connectivity index (χ3v) is 2.96. The maximum atomic E-state index is 8.66. The molecule has 0 aliphatic rings. The van der Waals surface area contributed by atoms with E-state index in [9.17, 15) is 0 Å². The maximum absolute atomic E-state index is 8.66. The van der Waals surface area contributed by atoms with E-state index in [1.54, 1.807) is 6.21 Å². The highest BCUT2D eigenvalue weighted by Crippen LogP contribution is 2.21. The van der Waals surface area contributed by atoms with Gasteiger partial charge in [-0.3, -0.25) is 4.99 Å². The third kappa shape index (κ3) is 8.93. The van der Waals surface area contributed by atoms with Gasteiger partial charge in [0.25, 0.3) is 0 Å². The van der Waals surface area contributed by atoms with E-state index in [-0.39, 0.29) is 6.61 Å². The van der Waals surface area contributed by atoms with Gasteiger partial charge < -0.3 is 16.2 Å². The first-order valence-corrected chi connectivity index (χ1v) is 8.55. The van der Waals surface area contributed by atoms with Crippen molar-refractivity contribution in [2.45, 2.75) is 41.2 Å². The van der Waals surface area contributed by atoms with Crippen LogP contribution in [0.2, 0.25) is 0 Å². The van der Waals surface area contributed by atoms with Crippen molar-refractivity contribution < 1.29 is 5.11 Å². The van der Waals surface area contributed by atoms with Crippen LogP contribution in [-0.4, -0.2) is 34.4 Å². The molecule has 0 atom stereocenters. The van der Waals surface area contributed by atoms with Crippen molar-refractivity contribution in [2.24, 2.45) is 10.7 Å². The van der Waals surface area contributed by atoms with Gasteiger partial charge in [-0.15, -0.1) is 0 Å². The molecule has 0 aliphatic heterocycles.